The highest BCUT2D eigenvalue weighted by molar-refractivity contribution is 7.99. The molecule has 1 rings (SSSR count). The third-order valence-electron chi connectivity index (χ3n) is 1.27. The molecule has 0 saturated carbocycles. The van der Waals surface area contributed by atoms with E-state index >= 15 is 0 Å². The lowest BCUT2D eigenvalue weighted by Gasteiger charge is -2.02. The largest absolute Gasteiger partial charge is 0.396 e. The number of hydrogen-bond donors (Lipinski definition) is 1. The smallest absolute Gasteiger partial charge is 0.0728 e. The molecule has 1 nitrogen and oxygen atoms in total. The molecule has 4 heteroatoms. The molecular formula is C8H8Cl2OS. The molecular weight excluding hydrogens is 215 g/mol. The molecule has 0 amide bonds. The van der Waals surface area contributed by atoms with Gasteiger partial charge in [-0.1, -0.05) is 29.3 Å². The van der Waals surface area contributed by atoms with Crippen LogP contribution in [-0.4, -0.2) is 17.5 Å². The molecule has 0 saturated heterocycles. The van der Waals surface area contributed by atoms with Crippen molar-refractivity contribution in [3.8, 4) is 0 Å². The minimum Gasteiger partial charge on any atom is -0.396 e. The summed E-state index contributed by atoms with van der Waals surface area (Å²) in [6.07, 6.45) is 0. The maximum Gasteiger partial charge on any atom is 0.0728 e. The summed E-state index contributed by atoms with van der Waals surface area (Å²) in [5.74, 6) is 0.639. The standard InChI is InChI=1S/C8H8Cl2OS/c9-6-2-1-3-7(8(6)10)12-5-4-11/h1-3,11H,4-5H2. The predicted molar refractivity (Wildman–Crippen MR) is 54.3 cm³/mol. The molecule has 0 heterocycles. The van der Waals surface area contributed by atoms with Crippen LogP contribution in [0.15, 0.2) is 23.1 Å². The molecule has 0 fully saturated rings. The third-order valence-corrected chi connectivity index (χ3v) is 3.23. The molecule has 0 atom stereocenters. The van der Waals surface area contributed by atoms with Gasteiger partial charge in [0.25, 0.3) is 0 Å². The maximum absolute atomic E-state index is 8.59. The van der Waals surface area contributed by atoms with Crippen LogP contribution in [0, 0.1) is 0 Å². The van der Waals surface area contributed by atoms with E-state index in [2.05, 4.69) is 0 Å². The Labute approximate surface area is 85.7 Å². The lowest BCUT2D eigenvalue weighted by molar-refractivity contribution is 0.322. The first kappa shape index (κ1) is 10.2. The van der Waals surface area contributed by atoms with Crippen LogP contribution < -0.4 is 0 Å². The molecule has 0 aliphatic heterocycles. The highest BCUT2D eigenvalue weighted by Crippen LogP contribution is 2.32. The average Bonchev–Trinajstić information content (AvgIpc) is 2.08. The minimum absolute atomic E-state index is 0.146. The van der Waals surface area contributed by atoms with E-state index in [0.717, 1.165) is 4.90 Å². The van der Waals surface area contributed by atoms with Gasteiger partial charge in [-0.15, -0.1) is 11.8 Å². The summed E-state index contributed by atoms with van der Waals surface area (Å²) >= 11 is 13.2. The molecule has 12 heavy (non-hydrogen) atoms. The van der Waals surface area contributed by atoms with E-state index < -0.39 is 0 Å². The minimum atomic E-state index is 0.146. The Morgan fingerprint density at radius 3 is 2.75 bits per heavy atom. The van der Waals surface area contributed by atoms with Gasteiger partial charge in [0.05, 0.1) is 16.7 Å². The molecule has 0 aromatic heterocycles. The monoisotopic (exact) mass is 222 g/mol. The number of aliphatic hydroxyl groups is 1. The second-order valence-electron chi connectivity index (χ2n) is 2.12. The van der Waals surface area contributed by atoms with E-state index in [1.807, 2.05) is 12.1 Å². The average molecular weight is 223 g/mol. The number of benzene rings is 1. The zero-order valence-electron chi connectivity index (χ0n) is 6.26. The fraction of sp³-hybridized carbons (Fsp3) is 0.250. The van der Waals surface area contributed by atoms with Gasteiger partial charge < -0.3 is 5.11 Å². The number of halogens is 2. The van der Waals surface area contributed by atoms with Gasteiger partial charge in [0.15, 0.2) is 0 Å². The van der Waals surface area contributed by atoms with Crippen molar-refractivity contribution in [2.45, 2.75) is 4.90 Å². The van der Waals surface area contributed by atoms with Crippen LogP contribution in [0.3, 0.4) is 0 Å². The van der Waals surface area contributed by atoms with E-state index in [4.69, 9.17) is 28.3 Å². The van der Waals surface area contributed by atoms with Crippen LogP contribution in [0.4, 0.5) is 0 Å². The van der Waals surface area contributed by atoms with Gasteiger partial charge in [0.1, 0.15) is 0 Å². The molecule has 1 aromatic rings. The van der Waals surface area contributed by atoms with Gasteiger partial charge in [-0.3, -0.25) is 0 Å². The van der Waals surface area contributed by atoms with Crippen molar-refractivity contribution in [2.75, 3.05) is 12.4 Å². The van der Waals surface area contributed by atoms with Crippen molar-refractivity contribution in [2.24, 2.45) is 0 Å². The highest BCUT2D eigenvalue weighted by Gasteiger charge is 2.03. The summed E-state index contributed by atoms with van der Waals surface area (Å²) in [7, 11) is 0. The topological polar surface area (TPSA) is 20.2 Å². The summed E-state index contributed by atoms with van der Waals surface area (Å²) in [6.45, 7) is 0.146. The van der Waals surface area contributed by atoms with Crippen LogP contribution in [0.25, 0.3) is 0 Å². The van der Waals surface area contributed by atoms with E-state index in [-0.39, 0.29) is 6.61 Å². The van der Waals surface area contributed by atoms with Gasteiger partial charge >= 0.3 is 0 Å². The van der Waals surface area contributed by atoms with Crippen molar-refractivity contribution >= 4 is 35.0 Å². The number of hydrogen-bond acceptors (Lipinski definition) is 2. The first-order chi connectivity index (χ1) is 5.75. The van der Waals surface area contributed by atoms with Crippen LogP contribution in [0.1, 0.15) is 0 Å². The zero-order valence-corrected chi connectivity index (χ0v) is 8.59. The molecule has 0 bridgehead atoms. The quantitative estimate of drug-likeness (QED) is 0.794. The zero-order chi connectivity index (χ0) is 8.97. The van der Waals surface area contributed by atoms with Gasteiger partial charge in [-0.2, -0.15) is 0 Å². The van der Waals surface area contributed by atoms with Crippen molar-refractivity contribution < 1.29 is 5.11 Å². The Hall–Kier alpha value is 0.110. The lowest BCUT2D eigenvalue weighted by atomic mass is 10.4. The first-order valence-electron chi connectivity index (χ1n) is 3.43. The Bertz CT molecular complexity index is 265. The molecule has 0 aliphatic carbocycles. The Morgan fingerprint density at radius 1 is 1.33 bits per heavy atom. The van der Waals surface area contributed by atoms with Gasteiger partial charge in [0, 0.05) is 10.6 Å². The van der Waals surface area contributed by atoms with Crippen LogP contribution in [0.2, 0.25) is 10.0 Å². The van der Waals surface area contributed by atoms with Crippen molar-refractivity contribution in [3.63, 3.8) is 0 Å². The number of aliphatic hydroxyl groups excluding tert-OH is 1. The van der Waals surface area contributed by atoms with Crippen LogP contribution >= 0.6 is 35.0 Å². The second-order valence-corrected chi connectivity index (χ2v) is 4.05. The molecule has 1 N–H and O–H groups in total. The maximum atomic E-state index is 8.59. The fourth-order valence-electron chi connectivity index (χ4n) is 0.751. The summed E-state index contributed by atoms with van der Waals surface area (Å²) in [4.78, 5) is 0.915. The van der Waals surface area contributed by atoms with Gasteiger partial charge in [-0.25, -0.2) is 0 Å². The summed E-state index contributed by atoms with van der Waals surface area (Å²) < 4.78 is 0. The predicted octanol–water partition coefficient (Wildman–Crippen LogP) is 3.08. The molecule has 1 aromatic carbocycles. The van der Waals surface area contributed by atoms with E-state index in [9.17, 15) is 0 Å². The van der Waals surface area contributed by atoms with E-state index in [1.165, 1.54) is 11.8 Å². The molecule has 0 radical (unpaired) electrons. The van der Waals surface area contributed by atoms with Crippen LogP contribution in [-0.2, 0) is 0 Å². The van der Waals surface area contributed by atoms with Crippen molar-refractivity contribution in [1.82, 2.24) is 0 Å². The van der Waals surface area contributed by atoms with Crippen LogP contribution in [0.5, 0.6) is 0 Å². The SMILES string of the molecule is OCCSc1cccc(Cl)c1Cl. The summed E-state index contributed by atoms with van der Waals surface area (Å²) in [5.41, 5.74) is 0. The Morgan fingerprint density at radius 2 is 2.08 bits per heavy atom. The Kier molecular flexibility index (Phi) is 4.22. The van der Waals surface area contributed by atoms with Crippen molar-refractivity contribution in [3.05, 3.63) is 28.2 Å². The summed E-state index contributed by atoms with van der Waals surface area (Å²) in [6, 6.07) is 5.47. The summed E-state index contributed by atoms with van der Waals surface area (Å²) in [5, 5.41) is 9.71. The number of rotatable bonds is 3. The molecule has 0 spiro atoms. The molecule has 66 valence electrons. The highest BCUT2D eigenvalue weighted by atomic mass is 35.5. The number of thioether (sulfide) groups is 1. The van der Waals surface area contributed by atoms with Gasteiger partial charge in [-0.05, 0) is 12.1 Å². The third kappa shape index (κ3) is 2.56. The fourth-order valence-corrected chi connectivity index (χ4v) is 1.99. The molecule has 0 unspecified atom stereocenters. The van der Waals surface area contributed by atoms with E-state index in [0.29, 0.717) is 15.8 Å². The molecule has 0 aliphatic rings. The second kappa shape index (κ2) is 4.97. The van der Waals surface area contributed by atoms with E-state index in [1.54, 1.807) is 6.07 Å². The van der Waals surface area contributed by atoms with Crippen molar-refractivity contribution in [1.29, 1.82) is 0 Å². The lowest BCUT2D eigenvalue weighted by Crippen LogP contribution is -1.85. The van der Waals surface area contributed by atoms with Gasteiger partial charge in [0.2, 0.25) is 0 Å². The Balaban J connectivity index is 2.78. The first-order valence-corrected chi connectivity index (χ1v) is 5.17. The normalized spacial score (nSPS) is 10.2.